The van der Waals surface area contributed by atoms with Crippen LogP contribution in [0.1, 0.15) is 63.0 Å². The molecule has 2 rings (SSSR count). The molecule has 0 bridgehead atoms. The molecular weight excluding hydrogens is 434 g/mol. The van der Waals surface area contributed by atoms with Crippen molar-refractivity contribution in [2.24, 2.45) is 0 Å². The number of carbonyl (C=O) groups is 3. The first-order chi connectivity index (χ1) is 15.8. The summed E-state index contributed by atoms with van der Waals surface area (Å²) in [5.41, 5.74) is 0.900. The van der Waals surface area contributed by atoms with E-state index in [2.05, 4.69) is 0 Å². The van der Waals surface area contributed by atoms with Gasteiger partial charge in [-0.2, -0.15) is 0 Å². The predicted molar refractivity (Wildman–Crippen MR) is 129 cm³/mol. The Morgan fingerprint density at radius 2 is 1.21 bits per heavy atom. The lowest BCUT2D eigenvalue weighted by atomic mass is 10.1. The summed E-state index contributed by atoms with van der Waals surface area (Å²) in [7, 11) is 0. The summed E-state index contributed by atoms with van der Waals surface area (Å²) in [6.07, 6.45) is 0. The van der Waals surface area contributed by atoms with E-state index in [1.165, 1.54) is 0 Å². The van der Waals surface area contributed by atoms with Crippen LogP contribution in [0.2, 0.25) is 0 Å². The van der Waals surface area contributed by atoms with Crippen LogP contribution < -0.4 is 0 Å². The van der Waals surface area contributed by atoms with E-state index >= 15 is 0 Å². The lowest BCUT2D eigenvalue weighted by Crippen LogP contribution is -2.39. The number of benzene rings is 2. The van der Waals surface area contributed by atoms with Crippen molar-refractivity contribution in [3.05, 3.63) is 71.3 Å². The highest BCUT2D eigenvalue weighted by Crippen LogP contribution is 2.14. The van der Waals surface area contributed by atoms with E-state index in [1.807, 2.05) is 30.3 Å². The Morgan fingerprint density at radius 1 is 0.706 bits per heavy atom. The minimum atomic E-state index is -0.629. The van der Waals surface area contributed by atoms with Gasteiger partial charge < -0.3 is 14.2 Å². The van der Waals surface area contributed by atoms with Crippen LogP contribution in [0.5, 0.6) is 0 Å². The van der Waals surface area contributed by atoms with Crippen LogP contribution in [0, 0.1) is 0 Å². The van der Waals surface area contributed by atoms with Gasteiger partial charge in [0, 0.05) is 6.54 Å². The summed E-state index contributed by atoms with van der Waals surface area (Å²) in [6, 6.07) is 16.3. The highest BCUT2D eigenvalue weighted by molar-refractivity contribution is 5.89. The van der Waals surface area contributed by atoms with E-state index in [4.69, 9.17) is 14.2 Å². The standard InChI is InChI=1S/C27H35NO6/c1-26(2,3)33-23(29)17-28(18-24(30)34-27(4,5)6)16-20-12-14-22(15-13-20)25(31)32-19-21-10-8-7-9-11-21/h7-15H,16-19H2,1-6H3. The van der Waals surface area contributed by atoms with E-state index in [9.17, 15) is 14.4 Å². The summed E-state index contributed by atoms with van der Waals surface area (Å²) in [6.45, 7) is 11.1. The van der Waals surface area contributed by atoms with Gasteiger partial charge in [0.25, 0.3) is 0 Å². The summed E-state index contributed by atoms with van der Waals surface area (Å²) in [5.74, 6) is -1.29. The SMILES string of the molecule is CC(C)(C)OC(=O)CN(CC(=O)OC(C)(C)C)Cc1ccc(C(=O)OCc2ccccc2)cc1. The maximum atomic E-state index is 12.4. The van der Waals surface area contributed by atoms with E-state index in [1.54, 1.807) is 70.7 Å². The molecule has 0 amide bonds. The van der Waals surface area contributed by atoms with Gasteiger partial charge in [0.15, 0.2) is 0 Å². The minimum Gasteiger partial charge on any atom is -0.459 e. The molecule has 2 aromatic carbocycles. The van der Waals surface area contributed by atoms with Gasteiger partial charge in [-0.25, -0.2) is 4.79 Å². The van der Waals surface area contributed by atoms with Crippen LogP contribution in [-0.2, 0) is 37.0 Å². The Morgan fingerprint density at radius 3 is 1.68 bits per heavy atom. The third-order valence-corrected chi connectivity index (χ3v) is 4.35. The molecule has 34 heavy (non-hydrogen) atoms. The number of rotatable bonds is 9. The molecule has 0 radical (unpaired) electrons. The van der Waals surface area contributed by atoms with E-state index in [0.29, 0.717) is 12.1 Å². The third-order valence-electron chi connectivity index (χ3n) is 4.35. The average molecular weight is 470 g/mol. The Kier molecular flexibility index (Phi) is 9.38. The van der Waals surface area contributed by atoms with E-state index in [0.717, 1.165) is 11.1 Å². The maximum absolute atomic E-state index is 12.4. The molecule has 0 aliphatic carbocycles. The number of esters is 3. The molecule has 0 aliphatic heterocycles. The summed E-state index contributed by atoms with van der Waals surface area (Å²) in [5, 5.41) is 0. The van der Waals surface area contributed by atoms with Crippen molar-refractivity contribution in [1.29, 1.82) is 0 Å². The van der Waals surface area contributed by atoms with Crippen molar-refractivity contribution in [1.82, 2.24) is 4.90 Å². The second kappa shape index (κ2) is 11.8. The van der Waals surface area contributed by atoms with Crippen molar-refractivity contribution >= 4 is 17.9 Å². The van der Waals surface area contributed by atoms with Gasteiger partial charge in [-0.3, -0.25) is 14.5 Å². The smallest absolute Gasteiger partial charge is 0.338 e. The first kappa shape index (κ1) is 27.1. The fraction of sp³-hybridized carbons (Fsp3) is 0.444. The molecule has 0 N–H and O–H groups in total. The molecule has 0 atom stereocenters. The molecule has 0 unspecified atom stereocenters. The fourth-order valence-corrected chi connectivity index (χ4v) is 3.09. The van der Waals surface area contributed by atoms with E-state index in [-0.39, 0.29) is 19.7 Å². The number of carbonyl (C=O) groups excluding carboxylic acids is 3. The van der Waals surface area contributed by atoms with Crippen LogP contribution in [0.3, 0.4) is 0 Å². The molecule has 0 saturated carbocycles. The Bertz CT molecular complexity index is 925. The third kappa shape index (κ3) is 10.6. The van der Waals surface area contributed by atoms with Crippen LogP contribution in [0.4, 0.5) is 0 Å². The van der Waals surface area contributed by atoms with Crippen molar-refractivity contribution in [3.8, 4) is 0 Å². The molecule has 7 heteroatoms. The topological polar surface area (TPSA) is 82.1 Å². The minimum absolute atomic E-state index is 0.0720. The van der Waals surface area contributed by atoms with Crippen molar-refractivity contribution in [2.45, 2.75) is 65.9 Å². The first-order valence-corrected chi connectivity index (χ1v) is 11.3. The largest absolute Gasteiger partial charge is 0.459 e. The van der Waals surface area contributed by atoms with Crippen molar-refractivity contribution < 1.29 is 28.6 Å². The average Bonchev–Trinajstić information content (AvgIpc) is 2.70. The van der Waals surface area contributed by atoms with Gasteiger partial charge in [-0.1, -0.05) is 42.5 Å². The Balaban J connectivity index is 2.03. The van der Waals surface area contributed by atoms with Gasteiger partial charge in [0.05, 0.1) is 18.7 Å². The van der Waals surface area contributed by atoms with Crippen LogP contribution in [-0.4, -0.2) is 47.1 Å². The number of hydrogen-bond donors (Lipinski definition) is 0. The lowest BCUT2D eigenvalue weighted by molar-refractivity contribution is -0.160. The predicted octanol–water partition coefficient (Wildman–Crippen LogP) is 4.53. The summed E-state index contributed by atoms with van der Waals surface area (Å²) >= 11 is 0. The van der Waals surface area contributed by atoms with E-state index < -0.39 is 29.1 Å². The zero-order valence-electron chi connectivity index (χ0n) is 20.9. The van der Waals surface area contributed by atoms with Crippen molar-refractivity contribution in [3.63, 3.8) is 0 Å². The van der Waals surface area contributed by atoms with Gasteiger partial charge in [-0.05, 0) is 64.8 Å². The normalized spacial score (nSPS) is 11.7. The summed E-state index contributed by atoms with van der Waals surface area (Å²) in [4.78, 5) is 38.8. The molecule has 2 aromatic rings. The number of nitrogens with zero attached hydrogens (tertiary/aromatic N) is 1. The number of ether oxygens (including phenoxy) is 3. The lowest BCUT2D eigenvalue weighted by Gasteiger charge is -2.26. The Labute approximate surface area is 202 Å². The monoisotopic (exact) mass is 469 g/mol. The van der Waals surface area contributed by atoms with Crippen molar-refractivity contribution in [2.75, 3.05) is 13.1 Å². The molecule has 0 heterocycles. The van der Waals surface area contributed by atoms with Gasteiger partial charge in [-0.15, -0.1) is 0 Å². The molecule has 0 fully saturated rings. The summed E-state index contributed by atoms with van der Waals surface area (Å²) < 4.78 is 16.2. The van der Waals surface area contributed by atoms with Crippen LogP contribution >= 0.6 is 0 Å². The molecule has 0 aromatic heterocycles. The van der Waals surface area contributed by atoms with Gasteiger partial charge in [0.2, 0.25) is 0 Å². The zero-order chi connectivity index (χ0) is 25.4. The molecule has 0 aliphatic rings. The molecule has 0 saturated heterocycles. The maximum Gasteiger partial charge on any atom is 0.338 e. The zero-order valence-corrected chi connectivity index (χ0v) is 20.9. The second-order valence-corrected chi connectivity index (χ2v) is 10.1. The molecule has 7 nitrogen and oxygen atoms in total. The molecule has 184 valence electrons. The second-order valence-electron chi connectivity index (χ2n) is 10.1. The molecular formula is C27H35NO6. The van der Waals surface area contributed by atoms with Crippen LogP contribution in [0.25, 0.3) is 0 Å². The van der Waals surface area contributed by atoms with Crippen LogP contribution in [0.15, 0.2) is 54.6 Å². The van der Waals surface area contributed by atoms with Gasteiger partial charge >= 0.3 is 17.9 Å². The highest BCUT2D eigenvalue weighted by Gasteiger charge is 2.23. The number of hydrogen-bond acceptors (Lipinski definition) is 7. The molecule has 0 spiro atoms. The quantitative estimate of drug-likeness (QED) is 0.394. The Hall–Kier alpha value is -3.19. The highest BCUT2D eigenvalue weighted by atomic mass is 16.6. The first-order valence-electron chi connectivity index (χ1n) is 11.3. The van der Waals surface area contributed by atoms with Gasteiger partial charge in [0.1, 0.15) is 17.8 Å². The fourth-order valence-electron chi connectivity index (χ4n) is 3.09.